The number of aromatic nitrogens is 1. The first kappa shape index (κ1) is 20.3. The average molecular weight is 413 g/mol. The second-order valence-electron chi connectivity index (χ2n) is 7.39. The van der Waals surface area contributed by atoms with Gasteiger partial charge in [0.15, 0.2) is 0 Å². The standard InChI is InChI=1S/C25H23N3O3/c1-16-11-12-18(14-17(16)2)27-23-22(20-9-4-5-10-21(20)31-3)24(29)28(25(23)30)15-19-8-6-7-13-26-19/h4-14,27H,15H2,1-3H3. The zero-order valence-electron chi connectivity index (χ0n) is 17.7. The molecule has 31 heavy (non-hydrogen) atoms. The molecule has 0 saturated heterocycles. The van der Waals surface area contributed by atoms with Crippen LogP contribution in [-0.2, 0) is 16.1 Å². The van der Waals surface area contributed by atoms with E-state index in [1.807, 2.05) is 50.2 Å². The Hall–Kier alpha value is -3.93. The lowest BCUT2D eigenvalue weighted by atomic mass is 10.0. The van der Waals surface area contributed by atoms with Gasteiger partial charge in [-0.2, -0.15) is 0 Å². The lowest BCUT2D eigenvalue weighted by Gasteiger charge is -2.15. The van der Waals surface area contributed by atoms with Gasteiger partial charge in [-0.15, -0.1) is 0 Å². The molecule has 0 saturated carbocycles. The van der Waals surface area contributed by atoms with Gasteiger partial charge in [-0.3, -0.25) is 19.5 Å². The molecule has 0 aliphatic carbocycles. The molecule has 0 atom stereocenters. The number of imide groups is 1. The molecule has 2 heterocycles. The number of aryl methyl sites for hydroxylation is 2. The van der Waals surface area contributed by atoms with E-state index in [1.165, 1.54) is 4.90 Å². The number of amides is 2. The number of nitrogens with zero attached hydrogens (tertiary/aromatic N) is 2. The number of benzene rings is 2. The molecule has 6 nitrogen and oxygen atoms in total. The fourth-order valence-corrected chi connectivity index (χ4v) is 3.55. The summed E-state index contributed by atoms with van der Waals surface area (Å²) in [5.74, 6) is -0.251. The second-order valence-corrected chi connectivity index (χ2v) is 7.39. The summed E-state index contributed by atoms with van der Waals surface area (Å²) in [4.78, 5) is 32.3. The van der Waals surface area contributed by atoms with Gasteiger partial charge >= 0.3 is 0 Å². The van der Waals surface area contributed by atoms with Gasteiger partial charge in [0, 0.05) is 17.4 Å². The smallest absolute Gasteiger partial charge is 0.278 e. The van der Waals surface area contributed by atoms with E-state index in [0.29, 0.717) is 17.0 Å². The number of hydrogen-bond donors (Lipinski definition) is 1. The summed E-state index contributed by atoms with van der Waals surface area (Å²) in [5, 5.41) is 3.20. The Labute approximate surface area is 181 Å². The zero-order valence-corrected chi connectivity index (χ0v) is 17.7. The van der Waals surface area contributed by atoms with E-state index < -0.39 is 5.91 Å². The monoisotopic (exact) mass is 413 g/mol. The van der Waals surface area contributed by atoms with Gasteiger partial charge in [-0.1, -0.05) is 30.3 Å². The van der Waals surface area contributed by atoms with Crippen molar-refractivity contribution in [1.82, 2.24) is 9.88 Å². The van der Waals surface area contributed by atoms with E-state index in [9.17, 15) is 9.59 Å². The maximum Gasteiger partial charge on any atom is 0.278 e. The molecule has 2 amide bonds. The van der Waals surface area contributed by atoms with Gasteiger partial charge in [0.1, 0.15) is 11.4 Å². The first-order valence-electron chi connectivity index (χ1n) is 9.97. The molecule has 1 aliphatic rings. The number of nitrogens with one attached hydrogen (secondary N) is 1. The first-order valence-corrected chi connectivity index (χ1v) is 9.97. The predicted molar refractivity (Wildman–Crippen MR) is 119 cm³/mol. The van der Waals surface area contributed by atoms with E-state index in [1.54, 1.807) is 37.6 Å². The molecule has 0 spiro atoms. The van der Waals surface area contributed by atoms with Crippen molar-refractivity contribution >= 4 is 23.1 Å². The highest BCUT2D eigenvalue weighted by atomic mass is 16.5. The van der Waals surface area contributed by atoms with Crippen LogP contribution < -0.4 is 10.1 Å². The van der Waals surface area contributed by atoms with E-state index in [4.69, 9.17) is 4.74 Å². The van der Waals surface area contributed by atoms with Crippen molar-refractivity contribution in [3.8, 4) is 5.75 Å². The SMILES string of the molecule is COc1ccccc1C1=C(Nc2ccc(C)c(C)c2)C(=O)N(Cc2ccccn2)C1=O. The fourth-order valence-electron chi connectivity index (χ4n) is 3.55. The number of rotatable bonds is 6. The Kier molecular flexibility index (Phi) is 5.54. The maximum absolute atomic E-state index is 13.4. The number of para-hydroxylation sites is 1. The molecule has 1 aromatic heterocycles. The van der Waals surface area contributed by atoms with Crippen LogP contribution in [0, 0.1) is 13.8 Å². The lowest BCUT2D eigenvalue weighted by Crippen LogP contribution is -2.32. The summed E-state index contributed by atoms with van der Waals surface area (Å²) in [6.07, 6.45) is 1.64. The number of pyridine rings is 1. The topological polar surface area (TPSA) is 71.5 Å². The quantitative estimate of drug-likeness (QED) is 0.616. The van der Waals surface area contributed by atoms with Crippen LogP contribution in [0.15, 0.2) is 72.6 Å². The average Bonchev–Trinajstić information content (AvgIpc) is 3.01. The largest absolute Gasteiger partial charge is 0.496 e. The highest BCUT2D eigenvalue weighted by molar-refractivity contribution is 6.36. The number of carbonyl (C=O) groups excluding carboxylic acids is 2. The van der Waals surface area contributed by atoms with Crippen LogP contribution in [0.2, 0.25) is 0 Å². The van der Waals surface area contributed by atoms with E-state index >= 15 is 0 Å². The van der Waals surface area contributed by atoms with Crippen molar-refractivity contribution in [2.45, 2.75) is 20.4 Å². The molecule has 3 aromatic rings. The van der Waals surface area contributed by atoms with Crippen LogP contribution in [0.25, 0.3) is 5.57 Å². The predicted octanol–water partition coefficient (Wildman–Crippen LogP) is 4.10. The van der Waals surface area contributed by atoms with Gasteiger partial charge in [0.25, 0.3) is 11.8 Å². The Morgan fingerprint density at radius 2 is 1.71 bits per heavy atom. The van der Waals surface area contributed by atoms with Crippen LogP contribution >= 0.6 is 0 Å². The van der Waals surface area contributed by atoms with Crippen molar-refractivity contribution in [3.05, 3.63) is 94.9 Å². The van der Waals surface area contributed by atoms with Gasteiger partial charge < -0.3 is 10.1 Å². The summed E-state index contributed by atoms with van der Waals surface area (Å²) < 4.78 is 5.47. The summed E-state index contributed by atoms with van der Waals surface area (Å²) in [5.41, 5.74) is 4.70. The third kappa shape index (κ3) is 3.92. The number of carbonyl (C=O) groups is 2. The molecule has 1 aliphatic heterocycles. The Morgan fingerprint density at radius 3 is 2.42 bits per heavy atom. The summed E-state index contributed by atoms with van der Waals surface area (Å²) in [6, 6.07) is 18.4. The lowest BCUT2D eigenvalue weighted by molar-refractivity contribution is -0.137. The summed E-state index contributed by atoms with van der Waals surface area (Å²) >= 11 is 0. The second kappa shape index (κ2) is 8.44. The molecule has 156 valence electrons. The minimum atomic E-state index is -0.394. The Bertz CT molecular complexity index is 1190. The molecular weight excluding hydrogens is 390 g/mol. The number of ether oxygens (including phenoxy) is 1. The molecular formula is C25H23N3O3. The molecule has 0 unspecified atom stereocenters. The number of anilines is 1. The van der Waals surface area contributed by atoms with Crippen LogP contribution in [0.3, 0.4) is 0 Å². The minimum Gasteiger partial charge on any atom is -0.496 e. The zero-order chi connectivity index (χ0) is 22.0. The van der Waals surface area contributed by atoms with Crippen LogP contribution in [0.1, 0.15) is 22.4 Å². The molecule has 0 radical (unpaired) electrons. The Morgan fingerprint density at radius 1 is 0.935 bits per heavy atom. The van der Waals surface area contributed by atoms with Crippen molar-refractivity contribution < 1.29 is 14.3 Å². The summed E-state index contributed by atoms with van der Waals surface area (Å²) in [7, 11) is 1.54. The van der Waals surface area contributed by atoms with Gasteiger partial charge in [-0.05, 0) is 55.3 Å². The number of hydrogen-bond acceptors (Lipinski definition) is 5. The third-order valence-electron chi connectivity index (χ3n) is 5.37. The maximum atomic E-state index is 13.4. The first-order chi connectivity index (χ1) is 15.0. The molecule has 6 heteroatoms. The van der Waals surface area contributed by atoms with E-state index in [2.05, 4.69) is 10.3 Å². The molecule has 1 N–H and O–H groups in total. The highest BCUT2D eigenvalue weighted by Crippen LogP contribution is 2.35. The van der Waals surface area contributed by atoms with Crippen LogP contribution in [0.5, 0.6) is 5.75 Å². The summed E-state index contributed by atoms with van der Waals surface area (Å²) in [6.45, 7) is 4.12. The third-order valence-corrected chi connectivity index (χ3v) is 5.37. The molecule has 2 aromatic carbocycles. The molecule has 0 fully saturated rings. The van der Waals surface area contributed by atoms with Crippen molar-refractivity contribution in [1.29, 1.82) is 0 Å². The van der Waals surface area contributed by atoms with Crippen LogP contribution in [-0.4, -0.2) is 28.8 Å². The molecule has 4 rings (SSSR count). The highest BCUT2D eigenvalue weighted by Gasteiger charge is 2.40. The minimum absolute atomic E-state index is 0.0925. The van der Waals surface area contributed by atoms with Crippen molar-refractivity contribution in [2.75, 3.05) is 12.4 Å². The molecule has 0 bridgehead atoms. The van der Waals surface area contributed by atoms with Crippen LogP contribution in [0.4, 0.5) is 5.69 Å². The van der Waals surface area contributed by atoms with Crippen molar-refractivity contribution in [2.24, 2.45) is 0 Å². The Balaban J connectivity index is 1.79. The van der Waals surface area contributed by atoms with E-state index in [0.717, 1.165) is 16.8 Å². The van der Waals surface area contributed by atoms with Gasteiger partial charge in [0.05, 0.1) is 24.9 Å². The fraction of sp³-hybridized carbons (Fsp3) is 0.160. The number of methoxy groups -OCH3 is 1. The van der Waals surface area contributed by atoms with Gasteiger partial charge in [-0.25, -0.2) is 0 Å². The van der Waals surface area contributed by atoms with E-state index in [-0.39, 0.29) is 23.7 Å². The van der Waals surface area contributed by atoms with Gasteiger partial charge in [0.2, 0.25) is 0 Å². The van der Waals surface area contributed by atoms with Crippen molar-refractivity contribution in [3.63, 3.8) is 0 Å². The normalized spacial score (nSPS) is 13.7.